The van der Waals surface area contributed by atoms with Crippen LogP contribution in [0, 0.1) is 0 Å². The van der Waals surface area contributed by atoms with Crippen molar-refractivity contribution >= 4 is 5.97 Å². The Morgan fingerprint density at radius 2 is 2.33 bits per heavy atom. The Morgan fingerprint density at radius 3 is 2.56 bits per heavy atom. The molecule has 0 spiro atoms. The van der Waals surface area contributed by atoms with Crippen molar-refractivity contribution in [2.75, 3.05) is 6.54 Å². The Morgan fingerprint density at radius 1 is 1.67 bits per heavy atom. The van der Waals surface area contributed by atoms with Gasteiger partial charge in [0.25, 0.3) is 0 Å². The summed E-state index contributed by atoms with van der Waals surface area (Å²) >= 11 is 0. The standard InChI is InChI=1S/C5H9NO2.Ti/c7-5(8)4-2-1-3-6-4;/h4,6H,1-3H2,(H,7,8);/t4-;/m0./s1. The molecular formula is C5H9NO2Ti. The van der Waals surface area contributed by atoms with Crippen molar-refractivity contribution in [1.82, 2.24) is 5.32 Å². The monoisotopic (exact) mass is 163 g/mol. The Kier molecular flexibility index (Phi) is 4.10. The molecule has 1 heterocycles. The van der Waals surface area contributed by atoms with Crippen molar-refractivity contribution in [3.8, 4) is 0 Å². The number of nitrogens with one attached hydrogen (secondary N) is 1. The van der Waals surface area contributed by atoms with E-state index in [2.05, 4.69) is 5.32 Å². The van der Waals surface area contributed by atoms with E-state index < -0.39 is 5.97 Å². The summed E-state index contributed by atoms with van der Waals surface area (Å²) in [7, 11) is 0. The van der Waals surface area contributed by atoms with Crippen LogP contribution in [-0.2, 0) is 26.5 Å². The fraction of sp³-hybridized carbons (Fsp3) is 0.800. The van der Waals surface area contributed by atoms with E-state index >= 15 is 0 Å². The van der Waals surface area contributed by atoms with E-state index in [0.717, 1.165) is 19.4 Å². The van der Waals surface area contributed by atoms with E-state index in [0.29, 0.717) is 0 Å². The molecule has 0 aliphatic carbocycles. The third-order valence-electron chi connectivity index (χ3n) is 1.36. The van der Waals surface area contributed by atoms with Gasteiger partial charge in [0.2, 0.25) is 0 Å². The first-order chi connectivity index (χ1) is 3.80. The summed E-state index contributed by atoms with van der Waals surface area (Å²) in [5.41, 5.74) is 0. The minimum Gasteiger partial charge on any atom is -0.480 e. The van der Waals surface area contributed by atoms with Gasteiger partial charge >= 0.3 is 5.97 Å². The van der Waals surface area contributed by atoms with Crippen LogP contribution in [0.1, 0.15) is 12.8 Å². The molecule has 4 heteroatoms. The van der Waals surface area contributed by atoms with E-state index in [1.165, 1.54) is 0 Å². The SMILES string of the molecule is O=C(O)[C@@H]1CCCN1.[Ti]. The van der Waals surface area contributed by atoms with Gasteiger partial charge in [0.05, 0.1) is 0 Å². The molecule has 1 saturated heterocycles. The molecule has 0 aromatic rings. The maximum absolute atomic E-state index is 10.1. The molecule has 1 aliphatic heterocycles. The van der Waals surface area contributed by atoms with Crippen molar-refractivity contribution in [2.45, 2.75) is 18.9 Å². The molecule has 0 aromatic carbocycles. The summed E-state index contributed by atoms with van der Waals surface area (Å²) in [4.78, 5) is 10.1. The Bertz CT molecular complexity index is 101. The third-order valence-corrected chi connectivity index (χ3v) is 1.36. The Labute approximate surface area is 68.7 Å². The largest absolute Gasteiger partial charge is 0.480 e. The molecule has 0 saturated carbocycles. The van der Waals surface area contributed by atoms with Gasteiger partial charge < -0.3 is 10.4 Å². The molecule has 0 aromatic heterocycles. The predicted octanol–water partition coefficient (Wildman–Crippen LogP) is -0.179. The molecule has 1 fully saturated rings. The van der Waals surface area contributed by atoms with Crippen molar-refractivity contribution < 1.29 is 31.6 Å². The zero-order valence-electron chi connectivity index (χ0n) is 5.05. The second-order valence-electron chi connectivity index (χ2n) is 1.99. The van der Waals surface area contributed by atoms with Gasteiger partial charge in [0, 0.05) is 21.7 Å². The number of aliphatic carboxylic acids is 1. The van der Waals surface area contributed by atoms with Gasteiger partial charge in [-0.15, -0.1) is 0 Å². The molecule has 9 heavy (non-hydrogen) atoms. The molecular weight excluding hydrogens is 154 g/mol. The van der Waals surface area contributed by atoms with E-state index in [4.69, 9.17) is 5.11 Å². The zero-order valence-corrected chi connectivity index (χ0v) is 6.62. The number of carboxylic acid groups (broad SMARTS) is 1. The second-order valence-corrected chi connectivity index (χ2v) is 1.99. The molecule has 1 rings (SSSR count). The topological polar surface area (TPSA) is 49.3 Å². The maximum Gasteiger partial charge on any atom is 0.320 e. The van der Waals surface area contributed by atoms with Crippen LogP contribution >= 0.6 is 0 Å². The van der Waals surface area contributed by atoms with Crippen molar-refractivity contribution in [1.29, 1.82) is 0 Å². The molecule has 1 aliphatic rings. The van der Waals surface area contributed by atoms with Crippen molar-refractivity contribution in [2.24, 2.45) is 0 Å². The van der Waals surface area contributed by atoms with Crippen LogP contribution in [0.25, 0.3) is 0 Å². The number of hydrogen-bond donors (Lipinski definition) is 2. The summed E-state index contributed by atoms with van der Waals surface area (Å²) in [6, 6.07) is -0.269. The number of carbonyl (C=O) groups is 1. The van der Waals surface area contributed by atoms with Gasteiger partial charge in [0.15, 0.2) is 0 Å². The first-order valence-corrected chi connectivity index (χ1v) is 2.77. The second kappa shape index (κ2) is 4.04. The normalized spacial score (nSPS) is 25.1. The Hall–Kier alpha value is 0.144. The molecule has 1 atom stereocenters. The van der Waals surface area contributed by atoms with Crippen LogP contribution in [0.3, 0.4) is 0 Å². The van der Waals surface area contributed by atoms with Gasteiger partial charge in [0.1, 0.15) is 6.04 Å². The summed E-state index contributed by atoms with van der Waals surface area (Å²) in [6.45, 7) is 0.858. The number of carboxylic acids is 1. The molecule has 0 unspecified atom stereocenters. The first kappa shape index (κ1) is 9.14. The smallest absolute Gasteiger partial charge is 0.320 e. The average molecular weight is 163 g/mol. The van der Waals surface area contributed by atoms with Crippen LogP contribution in [0.5, 0.6) is 0 Å². The van der Waals surface area contributed by atoms with E-state index in [9.17, 15) is 4.79 Å². The van der Waals surface area contributed by atoms with Crippen LogP contribution < -0.4 is 5.32 Å². The summed E-state index contributed by atoms with van der Waals surface area (Å²) < 4.78 is 0. The minimum absolute atomic E-state index is 0. The van der Waals surface area contributed by atoms with Crippen molar-refractivity contribution in [3.05, 3.63) is 0 Å². The fourth-order valence-corrected chi connectivity index (χ4v) is 0.895. The molecule has 2 N–H and O–H groups in total. The molecule has 50 valence electrons. The third kappa shape index (κ3) is 2.48. The van der Waals surface area contributed by atoms with E-state index in [1.807, 2.05) is 0 Å². The minimum atomic E-state index is -0.720. The summed E-state index contributed by atoms with van der Waals surface area (Å²) in [5.74, 6) is -0.720. The molecule has 0 amide bonds. The number of hydrogen-bond acceptors (Lipinski definition) is 2. The van der Waals surface area contributed by atoms with Crippen LogP contribution in [0.2, 0.25) is 0 Å². The molecule has 0 radical (unpaired) electrons. The van der Waals surface area contributed by atoms with Gasteiger partial charge in [-0.1, -0.05) is 0 Å². The van der Waals surface area contributed by atoms with Gasteiger partial charge in [-0.2, -0.15) is 0 Å². The van der Waals surface area contributed by atoms with Crippen LogP contribution in [0.15, 0.2) is 0 Å². The van der Waals surface area contributed by atoms with Gasteiger partial charge in [-0.25, -0.2) is 0 Å². The predicted molar refractivity (Wildman–Crippen MR) is 28.7 cm³/mol. The Balaban J connectivity index is 0.000000640. The van der Waals surface area contributed by atoms with Crippen LogP contribution in [-0.4, -0.2) is 23.7 Å². The fourth-order valence-electron chi connectivity index (χ4n) is 0.895. The van der Waals surface area contributed by atoms with Gasteiger partial charge in [-0.05, 0) is 19.4 Å². The zero-order chi connectivity index (χ0) is 5.98. The summed E-state index contributed by atoms with van der Waals surface area (Å²) in [6.07, 6.45) is 1.78. The summed E-state index contributed by atoms with van der Waals surface area (Å²) in [5, 5.41) is 11.2. The van der Waals surface area contributed by atoms with E-state index in [1.54, 1.807) is 0 Å². The quantitative estimate of drug-likeness (QED) is 0.527. The molecule has 3 nitrogen and oxygen atoms in total. The van der Waals surface area contributed by atoms with Crippen molar-refractivity contribution in [3.63, 3.8) is 0 Å². The number of rotatable bonds is 1. The maximum atomic E-state index is 10.1. The van der Waals surface area contributed by atoms with E-state index in [-0.39, 0.29) is 27.8 Å². The average Bonchev–Trinajstić information content (AvgIpc) is 2.12. The van der Waals surface area contributed by atoms with Crippen LogP contribution in [0.4, 0.5) is 0 Å². The first-order valence-electron chi connectivity index (χ1n) is 2.77. The molecule has 0 bridgehead atoms. The van der Waals surface area contributed by atoms with Gasteiger partial charge in [-0.3, -0.25) is 4.79 Å².